The summed E-state index contributed by atoms with van der Waals surface area (Å²) in [4.78, 5) is 57.2. The van der Waals surface area contributed by atoms with Crippen molar-refractivity contribution in [1.82, 2.24) is 20.0 Å². The molecule has 0 saturated carbocycles. The van der Waals surface area contributed by atoms with Crippen molar-refractivity contribution in [1.29, 1.82) is 0 Å². The first-order chi connectivity index (χ1) is 20.6. The summed E-state index contributed by atoms with van der Waals surface area (Å²) in [7, 11) is 0. The molecule has 2 bridgehead atoms. The highest BCUT2D eigenvalue weighted by Gasteiger charge is 2.47. The standard InChI is InChI=1S/C34H37ClN4O4/c1-34(2)12-11-27(28(15-34)21-4-6-23(35)7-5-21)33(43)38-19-24-14-25(38)18-37(24)16-20-3-8-26-22(13-20)17-39(32(26)42)29-9-10-30(40)36-31(29)41/h3-8,13,24-25,29H,9-12,14-19H2,1-2H3,(H,36,40,41). The smallest absolute Gasteiger partial charge is 0.255 e. The highest BCUT2D eigenvalue weighted by atomic mass is 35.5. The van der Waals surface area contributed by atoms with Gasteiger partial charge in [0.1, 0.15) is 6.04 Å². The molecule has 4 heterocycles. The van der Waals surface area contributed by atoms with Crippen molar-refractivity contribution < 1.29 is 19.2 Å². The Hall–Kier alpha value is -3.49. The molecule has 3 atom stereocenters. The summed E-state index contributed by atoms with van der Waals surface area (Å²) in [6.07, 6.45) is 4.26. The zero-order valence-electron chi connectivity index (χ0n) is 24.7. The van der Waals surface area contributed by atoms with E-state index in [0.717, 1.165) is 73.2 Å². The summed E-state index contributed by atoms with van der Waals surface area (Å²) in [6.45, 7) is 7.27. The lowest BCUT2D eigenvalue weighted by Gasteiger charge is -2.38. The molecule has 0 radical (unpaired) electrons. The first kappa shape index (κ1) is 28.3. The minimum atomic E-state index is -0.607. The fourth-order valence-electron chi connectivity index (χ4n) is 7.78. The van der Waals surface area contributed by atoms with Crippen molar-refractivity contribution in [3.8, 4) is 0 Å². The number of rotatable bonds is 5. The number of carbonyl (C=O) groups is 4. The van der Waals surface area contributed by atoms with Crippen molar-refractivity contribution in [2.75, 3.05) is 13.1 Å². The van der Waals surface area contributed by atoms with Gasteiger partial charge in [-0.1, -0.05) is 49.7 Å². The van der Waals surface area contributed by atoms with Gasteiger partial charge in [0, 0.05) is 60.8 Å². The number of amides is 4. The normalized spacial score (nSPS) is 26.8. The molecule has 2 aromatic carbocycles. The molecule has 9 heteroatoms. The van der Waals surface area contributed by atoms with Crippen LogP contribution < -0.4 is 5.32 Å². The Morgan fingerprint density at radius 3 is 2.53 bits per heavy atom. The Bertz CT molecular complexity index is 1560. The van der Waals surface area contributed by atoms with Crippen LogP contribution in [0.2, 0.25) is 5.02 Å². The highest BCUT2D eigenvalue weighted by molar-refractivity contribution is 6.30. The minimum absolute atomic E-state index is 0.149. The second-order valence-corrected chi connectivity index (χ2v) is 14.1. The lowest BCUT2D eigenvalue weighted by Crippen LogP contribution is -2.52. The Morgan fingerprint density at radius 1 is 1.02 bits per heavy atom. The van der Waals surface area contributed by atoms with E-state index >= 15 is 0 Å². The highest BCUT2D eigenvalue weighted by Crippen LogP contribution is 2.45. The van der Waals surface area contributed by atoms with E-state index in [9.17, 15) is 19.2 Å². The van der Waals surface area contributed by atoms with Crippen LogP contribution in [0.15, 0.2) is 48.0 Å². The van der Waals surface area contributed by atoms with Crippen molar-refractivity contribution in [2.24, 2.45) is 5.41 Å². The van der Waals surface area contributed by atoms with Gasteiger partial charge in [-0.3, -0.25) is 29.4 Å². The van der Waals surface area contributed by atoms with E-state index in [-0.39, 0.29) is 35.6 Å². The number of hydrogen-bond donors (Lipinski definition) is 1. The second kappa shape index (κ2) is 10.6. The number of piperidine rings is 1. The van der Waals surface area contributed by atoms with Crippen LogP contribution in [0.1, 0.15) is 79.4 Å². The maximum Gasteiger partial charge on any atom is 0.255 e. The van der Waals surface area contributed by atoms with E-state index < -0.39 is 11.9 Å². The monoisotopic (exact) mass is 600 g/mol. The summed E-state index contributed by atoms with van der Waals surface area (Å²) in [5, 5.41) is 3.06. The fourth-order valence-corrected chi connectivity index (χ4v) is 7.90. The molecule has 3 unspecified atom stereocenters. The average molecular weight is 601 g/mol. The number of hydrogen-bond acceptors (Lipinski definition) is 5. The summed E-state index contributed by atoms with van der Waals surface area (Å²) in [5.74, 6) is -0.631. The second-order valence-electron chi connectivity index (χ2n) is 13.6. The topological polar surface area (TPSA) is 90.0 Å². The summed E-state index contributed by atoms with van der Waals surface area (Å²) < 4.78 is 0. The van der Waals surface area contributed by atoms with Crippen LogP contribution in [0.3, 0.4) is 0 Å². The summed E-state index contributed by atoms with van der Waals surface area (Å²) in [5.41, 5.74) is 6.06. The van der Waals surface area contributed by atoms with Crippen LogP contribution in [-0.4, -0.2) is 69.5 Å². The van der Waals surface area contributed by atoms with Crippen LogP contribution in [0.25, 0.3) is 5.57 Å². The number of allylic oxidation sites excluding steroid dienone is 1. The number of piperazine rings is 1. The van der Waals surface area contributed by atoms with Gasteiger partial charge in [-0.2, -0.15) is 0 Å². The van der Waals surface area contributed by atoms with Gasteiger partial charge in [-0.15, -0.1) is 0 Å². The van der Waals surface area contributed by atoms with Gasteiger partial charge in [-0.05, 0) is 78.0 Å². The van der Waals surface area contributed by atoms with Gasteiger partial charge in [0.15, 0.2) is 0 Å². The number of nitrogens with zero attached hydrogens (tertiary/aromatic N) is 3. The quantitative estimate of drug-likeness (QED) is 0.509. The van der Waals surface area contributed by atoms with E-state index in [0.29, 0.717) is 29.6 Å². The number of benzene rings is 2. The zero-order chi connectivity index (χ0) is 30.0. The van der Waals surface area contributed by atoms with Crippen molar-refractivity contribution in [3.63, 3.8) is 0 Å². The van der Waals surface area contributed by atoms with E-state index in [1.54, 1.807) is 4.90 Å². The number of halogens is 1. The van der Waals surface area contributed by atoms with Crippen LogP contribution in [0.4, 0.5) is 0 Å². The number of carbonyl (C=O) groups excluding carboxylic acids is 4. The maximum atomic E-state index is 14.0. The maximum absolute atomic E-state index is 14.0. The predicted octanol–water partition coefficient (Wildman–Crippen LogP) is 4.55. The Balaban J connectivity index is 1.03. The molecular weight excluding hydrogens is 564 g/mol. The minimum Gasteiger partial charge on any atom is -0.333 e. The third-order valence-corrected chi connectivity index (χ3v) is 10.4. The molecule has 7 rings (SSSR count). The van der Waals surface area contributed by atoms with Crippen molar-refractivity contribution >= 4 is 40.8 Å². The molecule has 0 spiro atoms. The Labute approximate surface area is 257 Å². The van der Waals surface area contributed by atoms with E-state index in [1.807, 2.05) is 36.4 Å². The summed E-state index contributed by atoms with van der Waals surface area (Å²) in [6, 6.07) is 13.8. The zero-order valence-corrected chi connectivity index (χ0v) is 25.5. The van der Waals surface area contributed by atoms with Gasteiger partial charge in [0.05, 0.1) is 0 Å². The van der Waals surface area contributed by atoms with Gasteiger partial charge < -0.3 is 9.80 Å². The molecule has 4 amide bonds. The lowest BCUT2D eigenvalue weighted by molar-refractivity contribution is -0.137. The van der Waals surface area contributed by atoms with Gasteiger partial charge in [0.2, 0.25) is 17.7 Å². The average Bonchev–Trinajstić information content (AvgIpc) is 3.65. The molecule has 2 aromatic rings. The number of nitrogens with one attached hydrogen (secondary N) is 1. The third kappa shape index (κ3) is 5.18. The molecule has 43 heavy (non-hydrogen) atoms. The number of imide groups is 1. The molecule has 8 nitrogen and oxygen atoms in total. The molecule has 3 fully saturated rings. The summed E-state index contributed by atoms with van der Waals surface area (Å²) >= 11 is 6.17. The van der Waals surface area contributed by atoms with Crippen molar-refractivity contribution in [3.05, 3.63) is 75.3 Å². The Kier molecular flexibility index (Phi) is 6.97. The Morgan fingerprint density at radius 2 is 1.81 bits per heavy atom. The molecule has 3 saturated heterocycles. The largest absolute Gasteiger partial charge is 0.333 e. The predicted molar refractivity (Wildman–Crippen MR) is 163 cm³/mol. The molecule has 1 aliphatic carbocycles. The van der Waals surface area contributed by atoms with Gasteiger partial charge in [-0.25, -0.2) is 0 Å². The molecule has 0 aromatic heterocycles. The van der Waals surface area contributed by atoms with E-state index in [2.05, 4.69) is 35.0 Å². The SMILES string of the molecule is CC1(C)CCC(C(=O)N2CC3CC2CN3Cc2ccc3c(c2)CN(C2CCC(=O)NC2=O)C3=O)=C(c2ccc(Cl)cc2)C1. The van der Waals surface area contributed by atoms with Crippen LogP contribution >= 0.6 is 11.6 Å². The molecule has 5 aliphatic rings. The van der Waals surface area contributed by atoms with Gasteiger partial charge >= 0.3 is 0 Å². The first-order valence-electron chi connectivity index (χ1n) is 15.4. The molecule has 4 aliphatic heterocycles. The van der Waals surface area contributed by atoms with Crippen molar-refractivity contribution in [2.45, 2.75) is 83.6 Å². The molecule has 224 valence electrons. The van der Waals surface area contributed by atoms with Gasteiger partial charge in [0.25, 0.3) is 5.91 Å². The number of fused-ring (bicyclic) bond motifs is 3. The van der Waals surface area contributed by atoms with Crippen LogP contribution in [-0.2, 0) is 27.5 Å². The molecule has 1 N–H and O–H groups in total. The lowest BCUT2D eigenvalue weighted by atomic mass is 9.72. The van der Waals surface area contributed by atoms with E-state index in [4.69, 9.17) is 11.6 Å². The number of likely N-dealkylation sites (tertiary alicyclic amines) is 2. The third-order valence-electron chi connectivity index (χ3n) is 10.1. The fraction of sp³-hybridized carbons (Fsp3) is 0.471. The molecular formula is C34H37ClN4O4. The first-order valence-corrected chi connectivity index (χ1v) is 15.7. The van der Waals surface area contributed by atoms with E-state index in [1.165, 1.54) is 0 Å². The van der Waals surface area contributed by atoms with Crippen LogP contribution in [0.5, 0.6) is 0 Å². The van der Waals surface area contributed by atoms with Crippen LogP contribution in [0, 0.1) is 5.41 Å².